The maximum atomic E-state index is 5.97. The molecule has 0 bridgehead atoms. The van der Waals surface area contributed by atoms with Crippen molar-refractivity contribution in [3.63, 3.8) is 0 Å². The van der Waals surface area contributed by atoms with E-state index >= 15 is 0 Å². The quantitative estimate of drug-likeness (QED) is 0.761. The average Bonchev–Trinajstić information content (AvgIpc) is 2.46. The molecule has 3 heteroatoms. The van der Waals surface area contributed by atoms with E-state index in [1.54, 1.807) is 0 Å². The molecule has 0 unspecified atom stereocenters. The van der Waals surface area contributed by atoms with Gasteiger partial charge in [0.25, 0.3) is 0 Å². The van der Waals surface area contributed by atoms with Gasteiger partial charge in [0.05, 0.1) is 0 Å². The minimum atomic E-state index is 0.570. The molecule has 0 atom stereocenters. The van der Waals surface area contributed by atoms with Gasteiger partial charge in [0.15, 0.2) is 0 Å². The van der Waals surface area contributed by atoms with Gasteiger partial charge in [0.2, 0.25) is 0 Å². The van der Waals surface area contributed by atoms with Crippen LogP contribution in [0.1, 0.15) is 50.3 Å². The van der Waals surface area contributed by atoms with Crippen molar-refractivity contribution in [1.29, 1.82) is 0 Å². The number of hydrogen-bond donors (Lipinski definition) is 0. The summed E-state index contributed by atoms with van der Waals surface area (Å²) in [4.78, 5) is 7.10. The number of hydrogen-bond acceptors (Lipinski definition) is 2. The Morgan fingerprint density at radius 1 is 1.28 bits per heavy atom. The summed E-state index contributed by atoms with van der Waals surface area (Å²) in [6.45, 7) is 2.14. The van der Waals surface area contributed by atoms with Gasteiger partial charge in [-0.25, -0.2) is 4.98 Å². The van der Waals surface area contributed by atoms with Crippen LogP contribution in [-0.4, -0.2) is 18.1 Å². The van der Waals surface area contributed by atoms with Gasteiger partial charge in [-0.2, -0.15) is 0 Å². The number of aromatic nitrogens is 1. The molecule has 0 aromatic carbocycles. The number of nitrogens with zero attached hydrogens (tertiary/aromatic N) is 2. The third kappa shape index (κ3) is 3.17. The van der Waals surface area contributed by atoms with Crippen LogP contribution in [0.5, 0.6) is 0 Å². The van der Waals surface area contributed by atoms with Gasteiger partial charge >= 0.3 is 0 Å². The molecule has 2 nitrogen and oxygen atoms in total. The van der Waals surface area contributed by atoms with E-state index in [1.165, 1.54) is 37.7 Å². The fourth-order valence-electron chi connectivity index (χ4n) is 2.73. The van der Waals surface area contributed by atoms with E-state index in [4.69, 9.17) is 16.6 Å². The molecule has 0 saturated heterocycles. The lowest BCUT2D eigenvalue weighted by Gasteiger charge is -2.32. The first-order valence-corrected chi connectivity index (χ1v) is 7.56. The van der Waals surface area contributed by atoms with Crippen LogP contribution in [0.3, 0.4) is 0 Å². The molecule has 1 heterocycles. The second-order valence-corrected chi connectivity index (χ2v) is 5.48. The first-order chi connectivity index (χ1) is 8.74. The fourth-order valence-corrected chi connectivity index (χ4v) is 2.88. The van der Waals surface area contributed by atoms with Gasteiger partial charge in [-0.1, -0.05) is 26.2 Å². The molecule has 0 N–H and O–H groups in total. The molecule has 18 heavy (non-hydrogen) atoms. The average molecular weight is 267 g/mol. The van der Waals surface area contributed by atoms with Crippen LogP contribution in [-0.2, 0) is 12.3 Å². The molecule has 1 saturated carbocycles. The second-order valence-electron chi connectivity index (χ2n) is 5.21. The van der Waals surface area contributed by atoms with Crippen molar-refractivity contribution in [1.82, 2.24) is 4.98 Å². The van der Waals surface area contributed by atoms with Gasteiger partial charge in [-0.05, 0) is 37.0 Å². The summed E-state index contributed by atoms with van der Waals surface area (Å²) < 4.78 is 0. The van der Waals surface area contributed by atoms with Gasteiger partial charge in [0, 0.05) is 24.7 Å². The van der Waals surface area contributed by atoms with Crippen molar-refractivity contribution in [2.24, 2.45) is 0 Å². The number of pyridine rings is 1. The van der Waals surface area contributed by atoms with Crippen molar-refractivity contribution < 1.29 is 0 Å². The number of alkyl halides is 1. The van der Waals surface area contributed by atoms with Crippen molar-refractivity contribution in [3.8, 4) is 0 Å². The smallest absolute Gasteiger partial charge is 0.129 e. The van der Waals surface area contributed by atoms with E-state index in [0.717, 1.165) is 17.9 Å². The molecule has 1 fully saturated rings. The summed E-state index contributed by atoms with van der Waals surface area (Å²) in [5, 5.41) is 0. The Kier molecular flexibility index (Phi) is 4.87. The number of rotatable bonds is 4. The van der Waals surface area contributed by atoms with E-state index in [9.17, 15) is 0 Å². The van der Waals surface area contributed by atoms with Crippen LogP contribution in [0.25, 0.3) is 0 Å². The highest BCUT2D eigenvalue weighted by Gasteiger charge is 2.19. The van der Waals surface area contributed by atoms with Gasteiger partial charge < -0.3 is 4.90 Å². The Morgan fingerprint density at radius 3 is 2.61 bits per heavy atom. The van der Waals surface area contributed by atoms with Gasteiger partial charge in [-0.3, -0.25) is 0 Å². The van der Waals surface area contributed by atoms with Crippen LogP contribution < -0.4 is 4.90 Å². The number of anilines is 1. The van der Waals surface area contributed by atoms with Crippen molar-refractivity contribution in [3.05, 3.63) is 23.4 Å². The summed E-state index contributed by atoms with van der Waals surface area (Å²) in [6.07, 6.45) is 7.65. The van der Waals surface area contributed by atoms with Crippen LogP contribution in [0, 0.1) is 0 Å². The van der Waals surface area contributed by atoms with E-state index in [1.807, 2.05) is 0 Å². The molecule has 0 radical (unpaired) electrons. The Morgan fingerprint density at radius 2 is 2.00 bits per heavy atom. The zero-order valence-electron chi connectivity index (χ0n) is 11.5. The second kappa shape index (κ2) is 6.42. The van der Waals surface area contributed by atoms with Crippen LogP contribution in [0.4, 0.5) is 5.82 Å². The fraction of sp³-hybridized carbons (Fsp3) is 0.667. The molecular formula is C15H23ClN2. The first kappa shape index (κ1) is 13.7. The third-order valence-electron chi connectivity index (χ3n) is 3.92. The summed E-state index contributed by atoms with van der Waals surface area (Å²) in [6, 6.07) is 4.91. The Hall–Kier alpha value is -0.760. The molecule has 1 aromatic heterocycles. The molecule has 100 valence electrons. The minimum absolute atomic E-state index is 0.570. The lowest BCUT2D eigenvalue weighted by atomic mass is 9.94. The van der Waals surface area contributed by atoms with Crippen LogP contribution in [0.15, 0.2) is 12.1 Å². The lowest BCUT2D eigenvalue weighted by Crippen LogP contribution is -2.34. The maximum Gasteiger partial charge on any atom is 0.129 e. The predicted molar refractivity (Wildman–Crippen MR) is 78.4 cm³/mol. The first-order valence-electron chi connectivity index (χ1n) is 7.03. The highest BCUT2D eigenvalue weighted by molar-refractivity contribution is 6.17. The highest BCUT2D eigenvalue weighted by Crippen LogP contribution is 2.26. The highest BCUT2D eigenvalue weighted by atomic mass is 35.5. The zero-order chi connectivity index (χ0) is 13.0. The van der Waals surface area contributed by atoms with Gasteiger partial charge in [-0.15, -0.1) is 11.6 Å². The third-order valence-corrected chi connectivity index (χ3v) is 4.23. The van der Waals surface area contributed by atoms with Crippen molar-refractivity contribution in [2.75, 3.05) is 11.9 Å². The largest absolute Gasteiger partial charge is 0.357 e. The van der Waals surface area contributed by atoms with Crippen molar-refractivity contribution in [2.45, 2.75) is 57.4 Å². The lowest BCUT2D eigenvalue weighted by molar-refractivity contribution is 0.426. The van der Waals surface area contributed by atoms with E-state index in [-0.39, 0.29) is 0 Å². The predicted octanol–water partition coefficient (Wildman–Crippen LogP) is 4.15. The van der Waals surface area contributed by atoms with Gasteiger partial charge in [0.1, 0.15) is 5.82 Å². The molecule has 1 aliphatic carbocycles. The summed E-state index contributed by atoms with van der Waals surface area (Å²) in [7, 11) is 2.18. The summed E-state index contributed by atoms with van der Waals surface area (Å²) in [5.41, 5.74) is 2.33. The van der Waals surface area contributed by atoms with E-state index < -0.39 is 0 Å². The molecule has 0 aliphatic heterocycles. The molecule has 1 aromatic rings. The Labute approximate surface area is 115 Å². The zero-order valence-corrected chi connectivity index (χ0v) is 12.2. The molecule has 2 rings (SSSR count). The standard InChI is InChI=1S/C15H23ClN2/c1-3-13-9-12(11-16)10-15(17-13)18(2)14-7-5-4-6-8-14/h9-10,14H,3-8,11H2,1-2H3. The Balaban J connectivity index is 2.19. The van der Waals surface area contributed by atoms with Crippen molar-refractivity contribution >= 4 is 17.4 Å². The summed E-state index contributed by atoms with van der Waals surface area (Å²) >= 11 is 5.97. The molecule has 0 amide bonds. The van der Waals surface area contributed by atoms with E-state index in [2.05, 4.69) is 31.0 Å². The minimum Gasteiger partial charge on any atom is -0.357 e. The summed E-state index contributed by atoms with van der Waals surface area (Å²) in [5.74, 6) is 1.66. The molecule has 0 spiro atoms. The van der Waals surface area contributed by atoms with Crippen LogP contribution in [0.2, 0.25) is 0 Å². The monoisotopic (exact) mass is 266 g/mol. The molecule has 1 aliphatic rings. The van der Waals surface area contributed by atoms with Crippen LogP contribution >= 0.6 is 11.6 Å². The molecular weight excluding hydrogens is 244 g/mol. The van der Waals surface area contributed by atoms with E-state index in [0.29, 0.717) is 11.9 Å². The number of halogens is 1. The number of aryl methyl sites for hydroxylation is 1. The Bertz CT molecular complexity index is 364. The SMILES string of the molecule is CCc1cc(CCl)cc(N(C)C2CCCCC2)n1. The normalized spacial score (nSPS) is 16.8. The topological polar surface area (TPSA) is 16.1 Å². The maximum absolute atomic E-state index is 5.97.